The van der Waals surface area contributed by atoms with Crippen LogP contribution in [-0.4, -0.2) is 35.0 Å². The van der Waals surface area contributed by atoms with Crippen molar-refractivity contribution < 1.29 is 9.18 Å². The van der Waals surface area contributed by atoms with E-state index >= 15 is 0 Å². The third-order valence-electron chi connectivity index (χ3n) is 5.84. The molecule has 1 aromatic carbocycles. The van der Waals surface area contributed by atoms with Crippen molar-refractivity contribution in [2.45, 2.75) is 38.1 Å². The maximum atomic E-state index is 13.7. The minimum atomic E-state index is -0.378. The number of H-pyrrole nitrogens is 1. The van der Waals surface area contributed by atoms with Crippen molar-refractivity contribution >= 4 is 28.1 Å². The fourth-order valence-corrected chi connectivity index (χ4v) is 4.39. The zero-order valence-corrected chi connectivity index (χ0v) is 16.1. The number of hydrogen-bond donors (Lipinski definition) is 2. The highest BCUT2D eigenvalue weighted by atomic mass is 19.1. The highest BCUT2D eigenvalue weighted by Gasteiger charge is 2.26. The van der Waals surface area contributed by atoms with Crippen LogP contribution in [0.2, 0.25) is 0 Å². The van der Waals surface area contributed by atoms with Crippen molar-refractivity contribution in [3.05, 3.63) is 47.0 Å². The Hall–Kier alpha value is -3.56. The van der Waals surface area contributed by atoms with Gasteiger partial charge in [0.25, 0.3) is 0 Å². The molecule has 3 aromatic heterocycles. The molecule has 0 unspecified atom stereocenters. The summed E-state index contributed by atoms with van der Waals surface area (Å²) < 4.78 is 17.0. The van der Waals surface area contributed by atoms with Crippen LogP contribution in [0.5, 0.6) is 0 Å². The normalized spacial score (nSPS) is 19.5. The summed E-state index contributed by atoms with van der Waals surface area (Å²) in [7, 11) is 0. The zero-order valence-electron chi connectivity index (χ0n) is 16.1. The summed E-state index contributed by atoms with van der Waals surface area (Å²) in [5.74, 6) is -0.0940. The maximum absolute atomic E-state index is 13.7. The molecule has 5 rings (SSSR count). The number of carbonyl (C=O) groups excluding carboxylic acids is 1. The number of primary amides is 1. The quantitative estimate of drug-likeness (QED) is 0.535. The molecule has 30 heavy (non-hydrogen) atoms. The fourth-order valence-electron chi connectivity index (χ4n) is 4.39. The number of fused-ring (bicyclic) bond motifs is 2. The van der Waals surface area contributed by atoms with Crippen LogP contribution in [0.15, 0.2) is 35.5 Å². The number of amides is 1. The third kappa shape index (κ3) is 3.14. The molecule has 0 spiro atoms. The predicted octanol–water partition coefficient (Wildman–Crippen LogP) is 2.20. The predicted molar refractivity (Wildman–Crippen MR) is 108 cm³/mol. The van der Waals surface area contributed by atoms with E-state index in [0.29, 0.717) is 34.6 Å². The molecule has 1 amide bonds. The molecule has 0 atom stereocenters. The number of halogens is 1. The number of aromatic amines is 1. The molecule has 0 saturated heterocycles. The summed E-state index contributed by atoms with van der Waals surface area (Å²) in [6.07, 6.45) is 6.67. The number of benzene rings is 1. The van der Waals surface area contributed by atoms with Crippen molar-refractivity contribution in [1.82, 2.24) is 29.1 Å². The first-order valence-corrected chi connectivity index (χ1v) is 9.88. The lowest BCUT2D eigenvalue weighted by Gasteiger charge is -2.28. The SMILES string of the molecule is NC(=O)CC1CCC(n2c(=O)[nH]c3cnc(-n4cnc5ccc(F)cc54)nc32)CC1. The van der Waals surface area contributed by atoms with Crippen LogP contribution in [0, 0.1) is 11.7 Å². The monoisotopic (exact) mass is 409 g/mol. The Balaban J connectivity index is 1.53. The van der Waals surface area contributed by atoms with E-state index in [4.69, 9.17) is 5.73 Å². The molecule has 3 N–H and O–H groups in total. The van der Waals surface area contributed by atoms with Crippen molar-refractivity contribution in [2.75, 3.05) is 0 Å². The first-order chi connectivity index (χ1) is 14.5. The van der Waals surface area contributed by atoms with Gasteiger partial charge in [0.05, 0.1) is 17.2 Å². The molecule has 9 nitrogen and oxygen atoms in total. The molecule has 3 heterocycles. The van der Waals surface area contributed by atoms with Gasteiger partial charge in [0.1, 0.15) is 17.7 Å². The van der Waals surface area contributed by atoms with Gasteiger partial charge >= 0.3 is 5.69 Å². The number of hydrogen-bond acceptors (Lipinski definition) is 5. The molecule has 10 heteroatoms. The molecule has 154 valence electrons. The van der Waals surface area contributed by atoms with Gasteiger partial charge in [-0.25, -0.2) is 19.2 Å². The smallest absolute Gasteiger partial charge is 0.327 e. The molecule has 4 aromatic rings. The number of aromatic nitrogens is 6. The Morgan fingerprint density at radius 3 is 2.80 bits per heavy atom. The largest absolute Gasteiger partial charge is 0.370 e. The standard InChI is InChI=1S/C20H20FN7O2/c21-12-3-6-14-16(8-12)27(10-24-14)19-23-9-15-18(26-19)28(20(30)25-15)13-4-1-11(2-5-13)7-17(22)29/h3,6,8-11,13H,1-2,4-5,7H2,(H2,22,29)(H,25,30). The average molecular weight is 409 g/mol. The lowest BCUT2D eigenvalue weighted by atomic mass is 9.84. The topological polar surface area (TPSA) is 124 Å². The fraction of sp³-hybridized carbons (Fsp3) is 0.350. The van der Waals surface area contributed by atoms with Gasteiger partial charge < -0.3 is 10.7 Å². The van der Waals surface area contributed by atoms with Crippen LogP contribution >= 0.6 is 0 Å². The third-order valence-corrected chi connectivity index (χ3v) is 5.84. The van der Waals surface area contributed by atoms with Gasteiger partial charge in [-0.15, -0.1) is 0 Å². The molecule has 1 saturated carbocycles. The van der Waals surface area contributed by atoms with E-state index in [-0.39, 0.29) is 29.4 Å². The van der Waals surface area contributed by atoms with E-state index in [1.165, 1.54) is 18.5 Å². The summed E-state index contributed by atoms with van der Waals surface area (Å²) in [5, 5.41) is 0. The summed E-state index contributed by atoms with van der Waals surface area (Å²) in [6.45, 7) is 0. The molecule has 1 aliphatic carbocycles. The summed E-state index contributed by atoms with van der Waals surface area (Å²) in [6, 6.07) is 4.30. The van der Waals surface area contributed by atoms with Gasteiger partial charge in [-0.3, -0.25) is 13.9 Å². The van der Waals surface area contributed by atoms with Crippen LogP contribution in [0.1, 0.15) is 38.1 Å². The van der Waals surface area contributed by atoms with Crippen LogP contribution in [0.4, 0.5) is 4.39 Å². The highest BCUT2D eigenvalue weighted by molar-refractivity contribution is 5.77. The minimum absolute atomic E-state index is 0.0184. The summed E-state index contributed by atoms with van der Waals surface area (Å²) >= 11 is 0. The first kappa shape index (κ1) is 18.5. The zero-order chi connectivity index (χ0) is 20.8. The number of nitrogens with one attached hydrogen (secondary N) is 1. The minimum Gasteiger partial charge on any atom is -0.370 e. The van der Waals surface area contributed by atoms with E-state index in [1.54, 1.807) is 21.4 Å². The number of nitrogens with zero attached hydrogens (tertiary/aromatic N) is 5. The Morgan fingerprint density at radius 2 is 2.03 bits per heavy atom. The Kier molecular flexibility index (Phi) is 4.34. The number of carbonyl (C=O) groups is 1. The number of imidazole rings is 2. The Morgan fingerprint density at radius 1 is 1.23 bits per heavy atom. The molecule has 1 fully saturated rings. The maximum Gasteiger partial charge on any atom is 0.327 e. The molecule has 0 radical (unpaired) electrons. The second kappa shape index (κ2) is 7.05. The van der Waals surface area contributed by atoms with Crippen LogP contribution < -0.4 is 11.4 Å². The van der Waals surface area contributed by atoms with Gasteiger partial charge in [-0.05, 0) is 43.7 Å². The van der Waals surface area contributed by atoms with Crippen molar-refractivity contribution in [1.29, 1.82) is 0 Å². The molecular formula is C20H20FN7O2. The molecular weight excluding hydrogens is 389 g/mol. The van der Waals surface area contributed by atoms with E-state index in [1.807, 2.05) is 0 Å². The second-order valence-electron chi connectivity index (χ2n) is 7.80. The van der Waals surface area contributed by atoms with Crippen LogP contribution in [-0.2, 0) is 4.79 Å². The molecule has 1 aliphatic rings. The van der Waals surface area contributed by atoms with Gasteiger partial charge in [0.2, 0.25) is 11.9 Å². The first-order valence-electron chi connectivity index (χ1n) is 9.88. The second-order valence-corrected chi connectivity index (χ2v) is 7.80. The average Bonchev–Trinajstić information content (AvgIpc) is 3.27. The van der Waals surface area contributed by atoms with E-state index in [2.05, 4.69) is 19.9 Å². The lowest BCUT2D eigenvalue weighted by Crippen LogP contribution is -2.28. The van der Waals surface area contributed by atoms with Crippen LogP contribution in [0.3, 0.4) is 0 Å². The lowest BCUT2D eigenvalue weighted by molar-refractivity contribution is -0.119. The van der Waals surface area contributed by atoms with Crippen molar-refractivity contribution in [3.8, 4) is 5.95 Å². The number of nitrogens with two attached hydrogens (primary N) is 1. The summed E-state index contributed by atoms with van der Waals surface area (Å²) in [5.41, 5.74) is 7.29. The Labute approximate surface area is 169 Å². The van der Waals surface area contributed by atoms with E-state index < -0.39 is 0 Å². The molecule has 0 bridgehead atoms. The highest BCUT2D eigenvalue weighted by Crippen LogP contribution is 2.34. The summed E-state index contributed by atoms with van der Waals surface area (Å²) in [4.78, 5) is 39.8. The molecule has 0 aliphatic heterocycles. The van der Waals surface area contributed by atoms with Crippen LogP contribution in [0.25, 0.3) is 28.1 Å². The van der Waals surface area contributed by atoms with E-state index in [9.17, 15) is 14.0 Å². The van der Waals surface area contributed by atoms with Gasteiger partial charge in [0.15, 0.2) is 5.65 Å². The van der Waals surface area contributed by atoms with E-state index in [0.717, 1.165) is 25.7 Å². The van der Waals surface area contributed by atoms with Crippen molar-refractivity contribution in [2.24, 2.45) is 11.7 Å². The van der Waals surface area contributed by atoms with Gasteiger partial charge in [-0.1, -0.05) is 0 Å². The van der Waals surface area contributed by atoms with Crippen molar-refractivity contribution in [3.63, 3.8) is 0 Å². The van der Waals surface area contributed by atoms with Gasteiger partial charge in [0, 0.05) is 18.5 Å². The number of rotatable bonds is 4. The Bertz CT molecular complexity index is 1310. The van der Waals surface area contributed by atoms with Gasteiger partial charge in [-0.2, -0.15) is 4.98 Å².